The average molecular weight is 526 g/mol. The Morgan fingerprint density at radius 3 is 2.86 bits per heavy atom. The fourth-order valence-corrected chi connectivity index (χ4v) is 7.59. The van der Waals surface area contributed by atoms with E-state index >= 15 is 0 Å². The maximum Gasteiger partial charge on any atom is 0.232 e. The average Bonchev–Trinajstić information content (AvgIpc) is 3.28. The van der Waals surface area contributed by atoms with Gasteiger partial charge < -0.3 is 15.2 Å². The Balaban J connectivity index is 1.11. The molecule has 3 aromatic rings. The third-order valence-electron chi connectivity index (χ3n) is 9.19. The lowest BCUT2D eigenvalue weighted by atomic mass is 9.89. The highest BCUT2D eigenvalue weighted by Gasteiger charge is 2.67. The summed E-state index contributed by atoms with van der Waals surface area (Å²) in [6, 6.07) is 5.68. The molecule has 1 aliphatic carbocycles. The van der Waals surface area contributed by atoms with Crippen LogP contribution in [0.4, 0.5) is 0 Å². The SMILES string of the molecule is Cc1cc(C2(CN)C3CCN(C4NC5NNC(c6ccc7nn(C)cc7c6Cl)C5C(=O)N4C)CC32)no1. The number of carbonyl (C=O) groups excluding carboxylic acids is 1. The molecular formula is C25H32ClN9O2. The summed E-state index contributed by atoms with van der Waals surface area (Å²) in [5, 5.41) is 14.0. The lowest BCUT2D eigenvalue weighted by molar-refractivity contribution is -0.150. The predicted molar refractivity (Wildman–Crippen MR) is 137 cm³/mol. The number of halogens is 1. The highest BCUT2D eigenvalue weighted by Crippen LogP contribution is 2.62. The first-order valence-electron chi connectivity index (χ1n) is 12.9. The summed E-state index contributed by atoms with van der Waals surface area (Å²) >= 11 is 6.82. The summed E-state index contributed by atoms with van der Waals surface area (Å²) in [4.78, 5) is 18.0. The number of hydrogen-bond acceptors (Lipinski definition) is 9. The van der Waals surface area contributed by atoms with Crippen molar-refractivity contribution >= 4 is 28.4 Å². The maximum atomic E-state index is 13.8. The van der Waals surface area contributed by atoms with Crippen molar-refractivity contribution in [2.75, 3.05) is 26.7 Å². The van der Waals surface area contributed by atoms with E-state index in [9.17, 15) is 4.79 Å². The minimum absolute atomic E-state index is 0.0775. The molecule has 3 aliphatic heterocycles. The number of aromatic nitrogens is 3. The van der Waals surface area contributed by atoms with Crippen LogP contribution in [-0.2, 0) is 17.3 Å². The monoisotopic (exact) mass is 525 g/mol. The normalized spacial score (nSPS) is 35.7. The largest absolute Gasteiger partial charge is 0.361 e. The first-order valence-corrected chi connectivity index (χ1v) is 13.2. The topological polar surface area (TPSA) is 130 Å². The van der Waals surface area contributed by atoms with Crippen LogP contribution in [0.5, 0.6) is 0 Å². The predicted octanol–water partition coefficient (Wildman–Crippen LogP) is 0.808. The Morgan fingerprint density at radius 1 is 1.27 bits per heavy atom. The Kier molecular flexibility index (Phi) is 5.24. The third-order valence-corrected chi connectivity index (χ3v) is 9.61. The molecule has 1 aromatic carbocycles. The Bertz CT molecular complexity index is 1390. The number of fused-ring (bicyclic) bond motifs is 3. The van der Waals surface area contributed by atoms with Gasteiger partial charge in [-0.3, -0.25) is 19.7 Å². The number of nitrogens with zero attached hydrogens (tertiary/aromatic N) is 5. The van der Waals surface area contributed by atoms with Crippen molar-refractivity contribution < 1.29 is 9.32 Å². The van der Waals surface area contributed by atoms with Crippen LogP contribution < -0.4 is 21.9 Å². The van der Waals surface area contributed by atoms with E-state index in [2.05, 4.69) is 31.3 Å². The number of rotatable bonds is 4. The molecule has 7 atom stereocenters. The molecular weight excluding hydrogens is 494 g/mol. The summed E-state index contributed by atoms with van der Waals surface area (Å²) in [6.45, 7) is 4.20. The zero-order valence-electron chi connectivity index (χ0n) is 21.1. The zero-order valence-corrected chi connectivity index (χ0v) is 21.9. The van der Waals surface area contributed by atoms with E-state index in [1.54, 1.807) is 4.68 Å². The standard InChI is InChI=1S/C25H32ClN9O2/c1-12-8-18(32-37-12)25(11-27)15-6-7-35(10-16(15)25)24-28-22-19(23(36)34(24)3)21(29-30-22)13-4-5-17-14(20(13)26)9-33(2)31-17/h4-5,8-9,15-16,19,21-22,24,28-30H,6-7,10-11,27H2,1-3H3. The maximum absolute atomic E-state index is 13.8. The van der Waals surface area contributed by atoms with Gasteiger partial charge in [0.2, 0.25) is 5.91 Å². The summed E-state index contributed by atoms with van der Waals surface area (Å²) in [5.41, 5.74) is 15.5. The van der Waals surface area contributed by atoms with E-state index in [1.807, 2.05) is 50.3 Å². The van der Waals surface area contributed by atoms with Crippen LogP contribution in [0.25, 0.3) is 10.9 Å². The quantitative estimate of drug-likeness (QED) is 0.391. The van der Waals surface area contributed by atoms with Gasteiger partial charge in [-0.25, -0.2) is 10.9 Å². The van der Waals surface area contributed by atoms with Crippen molar-refractivity contribution in [3.05, 3.63) is 46.4 Å². The molecule has 0 spiro atoms. The molecule has 0 radical (unpaired) electrons. The smallest absolute Gasteiger partial charge is 0.232 e. The molecule has 12 heteroatoms. The number of benzene rings is 1. The van der Waals surface area contributed by atoms with Gasteiger partial charge in [-0.1, -0.05) is 22.8 Å². The second-order valence-corrected chi connectivity index (χ2v) is 11.4. The van der Waals surface area contributed by atoms with Gasteiger partial charge >= 0.3 is 0 Å². The summed E-state index contributed by atoms with van der Waals surface area (Å²) < 4.78 is 7.14. The molecule has 3 saturated heterocycles. The van der Waals surface area contributed by atoms with Gasteiger partial charge in [0.1, 0.15) is 12.0 Å². The van der Waals surface area contributed by atoms with Gasteiger partial charge in [0.15, 0.2) is 0 Å². The van der Waals surface area contributed by atoms with Crippen molar-refractivity contribution in [1.29, 1.82) is 0 Å². The van der Waals surface area contributed by atoms with Crippen LogP contribution in [0, 0.1) is 24.7 Å². The van der Waals surface area contributed by atoms with Crippen molar-refractivity contribution in [2.45, 2.75) is 37.3 Å². The number of piperidine rings is 1. The van der Waals surface area contributed by atoms with E-state index in [0.29, 0.717) is 23.4 Å². The van der Waals surface area contributed by atoms with Crippen LogP contribution in [0.1, 0.15) is 29.5 Å². The van der Waals surface area contributed by atoms with Gasteiger partial charge in [-0.2, -0.15) is 5.10 Å². The number of nitrogens with two attached hydrogens (primary N) is 1. The number of aryl methyl sites for hydroxylation is 2. The highest BCUT2D eigenvalue weighted by molar-refractivity contribution is 6.36. The van der Waals surface area contributed by atoms with Gasteiger partial charge in [0, 0.05) is 56.8 Å². The van der Waals surface area contributed by atoms with Crippen LogP contribution in [0.3, 0.4) is 0 Å². The van der Waals surface area contributed by atoms with E-state index < -0.39 is 0 Å². The Hall–Kier alpha value is -2.54. The number of nitrogens with one attached hydrogen (secondary N) is 3. The fraction of sp³-hybridized carbons (Fsp3) is 0.560. The molecule has 11 nitrogen and oxygen atoms in total. The molecule has 1 amide bonds. The number of carbonyl (C=O) groups is 1. The van der Waals surface area contributed by atoms with E-state index in [1.165, 1.54) is 0 Å². The summed E-state index contributed by atoms with van der Waals surface area (Å²) in [5.74, 6) is 1.44. The van der Waals surface area contributed by atoms with Crippen molar-refractivity contribution in [3.8, 4) is 0 Å². The molecule has 4 aliphatic rings. The van der Waals surface area contributed by atoms with Gasteiger partial charge in [-0.15, -0.1) is 0 Å². The second-order valence-electron chi connectivity index (χ2n) is 11.0. The lowest BCUT2D eigenvalue weighted by Crippen LogP contribution is -2.69. The molecule has 1 saturated carbocycles. The fourth-order valence-electron chi connectivity index (χ4n) is 7.26. The second kappa shape index (κ2) is 8.23. The van der Waals surface area contributed by atoms with Crippen LogP contribution in [0.2, 0.25) is 5.02 Å². The molecule has 4 fully saturated rings. The van der Waals surface area contributed by atoms with E-state index in [-0.39, 0.29) is 35.7 Å². The number of likely N-dealkylation sites (tertiary alicyclic amines) is 1. The molecule has 5 N–H and O–H groups in total. The first-order chi connectivity index (χ1) is 17.8. The first kappa shape index (κ1) is 23.6. The molecule has 7 rings (SSSR count). The summed E-state index contributed by atoms with van der Waals surface area (Å²) in [6.07, 6.45) is 2.48. The molecule has 37 heavy (non-hydrogen) atoms. The highest BCUT2D eigenvalue weighted by atomic mass is 35.5. The van der Waals surface area contributed by atoms with Crippen molar-refractivity contribution in [2.24, 2.45) is 30.5 Å². The Labute approximate surface area is 219 Å². The molecule has 5 heterocycles. The van der Waals surface area contributed by atoms with Gasteiger partial charge in [-0.05, 0) is 36.8 Å². The number of hydrogen-bond donors (Lipinski definition) is 4. The van der Waals surface area contributed by atoms with E-state index in [4.69, 9.17) is 21.9 Å². The van der Waals surface area contributed by atoms with Gasteiger partial charge in [0.05, 0.1) is 34.4 Å². The zero-order chi connectivity index (χ0) is 25.6. The minimum Gasteiger partial charge on any atom is -0.361 e. The Morgan fingerprint density at radius 2 is 2.11 bits per heavy atom. The molecule has 196 valence electrons. The van der Waals surface area contributed by atoms with Crippen molar-refractivity contribution in [3.63, 3.8) is 0 Å². The lowest BCUT2D eigenvalue weighted by Gasteiger charge is -2.46. The number of amides is 1. The molecule has 2 aromatic heterocycles. The van der Waals surface area contributed by atoms with Gasteiger partial charge in [0.25, 0.3) is 0 Å². The van der Waals surface area contributed by atoms with Crippen molar-refractivity contribution in [1.82, 2.24) is 40.9 Å². The molecule has 7 unspecified atom stereocenters. The third kappa shape index (κ3) is 3.28. The van der Waals surface area contributed by atoms with Crippen LogP contribution in [-0.4, -0.2) is 69.8 Å². The molecule has 0 bridgehead atoms. The minimum atomic E-state index is -0.340. The summed E-state index contributed by atoms with van der Waals surface area (Å²) in [7, 11) is 3.76. The van der Waals surface area contributed by atoms with Crippen LogP contribution in [0.15, 0.2) is 28.9 Å². The van der Waals surface area contributed by atoms with E-state index in [0.717, 1.165) is 47.4 Å². The van der Waals surface area contributed by atoms with Crippen LogP contribution >= 0.6 is 11.6 Å². The number of hydrazine groups is 1.